The Morgan fingerprint density at radius 2 is 2.00 bits per heavy atom. The summed E-state index contributed by atoms with van der Waals surface area (Å²) in [4.78, 5) is 26.2. The molecule has 2 heterocycles. The van der Waals surface area contributed by atoms with Crippen molar-refractivity contribution in [1.82, 2.24) is 15.3 Å². The number of nitrogens with two attached hydrogens (primary N) is 1. The van der Waals surface area contributed by atoms with Crippen LogP contribution in [0, 0.1) is 12.8 Å². The molecule has 2 aliphatic rings. The summed E-state index contributed by atoms with van der Waals surface area (Å²) in [7, 11) is 0. The SMILES string of the molecule is Cc1cnc(C(=O)NC2=CC([C@]3(C)C=C(c4ccccc4)SC(N)=N3)C(F)C=C2)cn1. The molecule has 1 aromatic carbocycles. The average Bonchev–Trinajstić information content (AvgIpc) is 2.75. The highest BCUT2D eigenvalue weighted by Gasteiger charge is 2.40. The van der Waals surface area contributed by atoms with Crippen LogP contribution in [-0.4, -0.2) is 32.8 Å². The van der Waals surface area contributed by atoms with Gasteiger partial charge in [-0.3, -0.25) is 14.8 Å². The van der Waals surface area contributed by atoms with Gasteiger partial charge in [-0.15, -0.1) is 0 Å². The summed E-state index contributed by atoms with van der Waals surface area (Å²) in [6.45, 7) is 3.64. The smallest absolute Gasteiger partial charge is 0.275 e. The molecule has 6 nitrogen and oxygen atoms in total. The van der Waals surface area contributed by atoms with Gasteiger partial charge in [0, 0.05) is 22.7 Å². The number of nitrogens with one attached hydrogen (secondary N) is 1. The third kappa shape index (κ3) is 4.59. The topological polar surface area (TPSA) is 93.3 Å². The number of nitrogens with zero attached hydrogens (tertiary/aromatic N) is 3. The van der Waals surface area contributed by atoms with Crippen molar-refractivity contribution in [2.45, 2.75) is 25.6 Å². The predicted molar refractivity (Wildman–Crippen MR) is 122 cm³/mol. The second kappa shape index (κ2) is 8.47. The van der Waals surface area contributed by atoms with Crippen molar-refractivity contribution >= 4 is 27.7 Å². The van der Waals surface area contributed by atoms with Gasteiger partial charge in [0.1, 0.15) is 11.9 Å². The third-order valence-corrected chi connectivity index (χ3v) is 6.03. The summed E-state index contributed by atoms with van der Waals surface area (Å²) in [5, 5.41) is 3.15. The number of carbonyl (C=O) groups excluding carboxylic acids is 1. The minimum atomic E-state index is -1.28. The van der Waals surface area contributed by atoms with E-state index in [1.807, 2.05) is 43.3 Å². The number of allylic oxidation sites excluding steroid dienone is 2. The van der Waals surface area contributed by atoms with E-state index in [2.05, 4.69) is 20.3 Å². The van der Waals surface area contributed by atoms with Crippen LogP contribution < -0.4 is 11.1 Å². The van der Waals surface area contributed by atoms with Crippen molar-refractivity contribution < 1.29 is 9.18 Å². The van der Waals surface area contributed by atoms with E-state index in [0.717, 1.165) is 10.5 Å². The normalized spacial score (nSPS) is 25.3. The number of aliphatic imine (C=N–C) groups is 1. The van der Waals surface area contributed by atoms with Crippen molar-refractivity contribution in [3.63, 3.8) is 0 Å². The Morgan fingerprint density at radius 1 is 1.23 bits per heavy atom. The Bertz CT molecular complexity index is 1110. The van der Waals surface area contributed by atoms with Gasteiger partial charge in [-0.05, 0) is 37.6 Å². The molecule has 1 amide bonds. The highest BCUT2D eigenvalue weighted by molar-refractivity contribution is 8.21. The number of aryl methyl sites for hydroxylation is 1. The Hall–Kier alpha value is -3.26. The summed E-state index contributed by atoms with van der Waals surface area (Å²) in [5.74, 6) is -1.05. The molecule has 0 saturated carbocycles. The monoisotopic (exact) mass is 435 g/mol. The molecule has 3 atom stereocenters. The maximum Gasteiger partial charge on any atom is 0.275 e. The van der Waals surface area contributed by atoms with Gasteiger partial charge in [0.25, 0.3) is 5.91 Å². The number of benzene rings is 1. The molecule has 3 N–H and O–H groups in total. The fourth-order valence-corrected chi connectivity index (χ4v) is 4.57. The van der Waals surface area contributed by atoms with E-state index in [1.54, 1.807) is 19.1 Å². The number of alkyl halides is 1. The lowest BCUT2D eigenvalue weighted by molar-refractivity contribution is 0.0960. The zero-order valence-electron chi connectivity index (χ0n) is 17.1. The summed E-state index contributed by atoms with van der Waals surface area (Å²) in [6.07, 6.45) is 8.27. The first-order valence-electron chi connectivity index (χ1n) is 9.79. The van der Waals surface area contributed by atoms with Gasteiger partial charge in [-0.1, -0.05) is 48.2 Å². The molecule has 8 heteroatoms. The maximum atomic E-state index is 15.0. The molecule has 2 unspecified atom stereocenters. The molecule has 0 fully saturated rings. The molecule has 0 spiro atoms. The van der Waals surface area contributed by atoms with E-state index < -0.39 is 23.5 Å². The van der Waals surface area contributed by atoms with Gasteiger partial charge in [0.05, 0.1) is 17.4 Å². The third-order valence-electron chi connectivity index (χ3n) is 5.16. The lowest BCUT2D eigenvalue weighted by Gasteiger charge is -2.36. The minimum absolute atomic E-state index is 0.188. The van der Waals surface area contributed by atoms with Crippen molar-refractivity contribution in [3.8, 4) is 0 Å². The van der Waals surface area contributed by atoms with Crippen LogP contribution in [0.25, 0.3) is 4.91 Å². The molecule has 0 saturated heterocycles. The lowest BCUT2D eigenvalue weighted by atomic mass is 9.79. The Labute approximate surface area is 184 Å². The quantitative estimate of drug-likeness (QED) is 0.762. The predicted octanol–water partition coefficient (Wildman–Crippen LogP) is 3.78. The zero-order valence-corrected chi connectivity index (χ0v) is 17.9. The van der Waals surface area contributed by atoms with Crippen LogP contribution in [-0.2, 0) is 0 Å². The number of hydrogen-bond acceptors (Lipinski definition) is 6. The fraction of sp³-hybridized carbons (Fsp3) is 0.217. The van der Waals surface area contributed by atoms with Gasteiger partial charge in [-0.25, -0.2) is 9.37 Å². The van der Waals surface area contributed by atoms with Gasteiger partial charge >= 0.3 is 0 Å². The lowest BCUT2D eigenvalue weighted by Crippen LogP contribution is -2.40. The van der Waals surface area contributed by atoms with Crippen LogP contribution in [0.4, 0.5) is 4.39 Å². The second-order valence-corrected chi connectivity index (χ2v) is 8.66. The van der Waals surface area contributed by atoms with E-state index >= 15 is 0 Å². The van der Waals surface area contributed by atoms with Crippen molar-refractivity contribution in [3.05, 3.63) is 89.7 Å². The van der Waals surface area contributed by atoms with Crippen LogP contribution in [0.2, 0.25) is 0 Å². The molecule has 1 aliphatic heterocycles. The minimum Gasteiger partial charge on any atom is -0.378 e. The Kier molecular flexibility index (Phi) is 5.73. The van der Waals surface area contributed by atoms with Gasteiger partial charge < -0.3 is 11.1 Å². The van der Waals surface area contributed by atoms with E-state index in [1.165, 1.54) is 30.2 Å². The van der Waals surface area contributed by atoms with E-state index in [9.17, 15) is 9.18 Å². The standard InChI is InChI=1S/C23H22FN5OS/c1-14-12-27-19(13-26-14)21(30)28-16-8-9-18(24)17(10-16)23(2)11-20(31-22(25)29-23)15-6-4-3-5-7-15/h3-13,17-18H,1-2H3,(H2,25,29)(H,28,30)/t17?,18?,23-/m0/s1. The van der Waals surface area contributed by atoms with E-state index in [-0.39, 0.29) is 5.69 Å². The Balaban J connectivity index is 1.62. The number of amidine groups is 1. The average molecular weight is 436 g/mol. The molecular formula is C23H22FN5OS. The van der Waals surface area contributed by atoms with E-state index in [4.69, 9.17) is 5.73 Å². The summed E-state index contributed by atoms with van der Waals surface area (Å²) in [6, 6.07) is 9.79. The van der Waals surface area contributed by atoms with Crippen molar-refractivity contribution in [2.75, 3.05) is 0 Å². The number of thioether (sulfide) groups is 1. The maximum absolute atomic E-state index is 15.0. The van der Waals surface area contributed by atoms with Crippen LogP contribution in [0.15, 0.2) is 77.7 Å². The van der Waals surface area contributed by atoms with E-state index in [0.29, 0.717) is 16.6 Å². The van der Waals surface area contributed by atoms with Crippen LogP contribution in [0.5, 0.6) is 0 Å². The molecule has 1 aliphatic carbocycles. The zero-order chi connectivity index (χ0) is 22.0. The molecule has 0 radical (unpaired) electrons. The number of carbonyl (C=O) groups is 1. The van der Waals surface area contributed by atoms with Crippen molar-refractivity contribution in [2.24, 2.45) is 16.6 Å². The second-order valence-electron chi connectivity index (χ2n) is 7.60. The number of hydrogen-bond donors (Lipinski definition) is 2. The summed E-state index contributed by atoms with van der Waals surface area (Å²) in [5.41, 5.74) is 7.59. The van der Waals surface area contributed by atoms with Gasteiger partial charge in [-0.2, -0.15) is 0 Å². The molecule has 4 rings (SSSR count). The van der Waals surface area contributed by atoms with Gasteiger partial charge in [0.2, 0.25) is 0 Å². The molecule has 0 bridgehead atoms. The molecular weight excluding hydrogens is 413 g/mol. The summed E-state index contributed by atoms with van der Waals surface area (Å²) >= 11 is 1.36. The van der Waals surface area contributed by atoms with Crippen LogP contribution >= 0.6 is 11.8 Å². The highest BCUT2D eigenvalue weighted by atomic mass is 32.2. The fourth-order valence-electron chi connectivity index (χ4n) is 3.55. The molecule has 2 aromatic rings. The Morgan fingerprint density at radius 3 is 2.71 bits per heavy atom. The largest absolute Gasteiger partial charge is 0.378 e. The first-order valence-corrected chi connectivity index (χ1v) is 10.6. The number of halogens is 1. The van der Waals surface area contributed by atoms with Crippen LogP contribution in [0.1, 0.15) is 28.7 Å². The van der Waals surface area contributed by atoms with Crippen molar-refractivity contribution in [1.29, 1.82) is 0 Å². The van der Waals surface area contributed by atoms with Gasteiger partial charge in [0.15, 0.2) is 5.17 Å². The van der Waals surface area contributed by atoms with Crippen LogP contribution in [0.3, 0.4) is 0 Å². The number of amides is 1. The number of aromatic nitrogens is 2. The highest BCUT2D eigenvalue weighted by Crippen LogP contribution is 2.42. The first-order chi connectivity index (χ1) is 14.8. The number of rotatable bonds is 4. The molecule has 1 aromatic heterocycles. The first kappa shape index (κ1) is 21.0. The molecule has 158 valence electrons. The summed E-state index contributed by atoms with van der Waals surface area (Å²) < 4.78 is 15.0. The molecule has 31 heavy (non-hydrogen) atoms.